The van der Waals surface area contributed by atoms with Gasteiger partial charge in [0.05, 0.1) is 13.2 Å². The smallest absolute Gasteiger partial charge is 0.118 e. The number of methoxy groups -OCH3 is 1. The summed E-state index contributed by atoms with van der Waals surface area (Å²) in [5.74, 6) is 4.20. The van der Waals surface area contributed by atoms with E-state index in [0.717, 1.165) is 35.8 Å². The standard InChI is InChI=1S/C26H36O2/c1-25-14-12-18(17-4-7-20(28-3)8-5-17)16-19(25)6-9-21-22-10-11-24(27)26(22,2)15-13-23(21)25/h4-5,7-8,12,19,21-24,27H,6,9-11,13-16H2,1-3H3/t19-,21-,22+,23+,24-,25-,26-/m0/s1. The predicted octanol–water partition coefficient (Wildman–Crippen LogP) is 6.09. The maximum atomic E-state index is 10.7. The molecule has 3 saturated carbocycles. The Morgan fingerprint density at radius 1 is 0.929 bits per heavy atom. The summed E-state index contributed by atoms with van der Waals surface area (Å²) in [5, 5.41) is 10.7. The van der Waals surface area contributed by atoms with Crippen LogP contribution in [0, 0.1) is 34.5 Å². The van der Waals surface area contributed by atoms with Gasteiger partial charge < -0.3 is 9.84 Å². The normalized spacial score (nSPS) is 44.9. The lowest BCUT2D eigenvalue weighted by Gasteiger charge is -2.59. The third-order valence-electron chi connectivity index (χ3n) is 9.73. The van der Waals surface area contributed by atoms with Crippen LogP contribution in [0.25, 0.3) is 5.57 Å². The van der Waals surface area contributed by atoms with Gasteiger partial charge in [0.1, 0.15) is 5.75 Å². The molecule has 1 aromatic rings. The van der Waals surface area contributed by atoms with Gasteiger partial charge in [-0.1, -0.05) is 32.1 Å². The molecule has 4 aliphatic carbocycles. The van der Waals surface area contributed by atoms with Crippen molar-refractivity contribution in [3.63, 3.8) is 0 Å². The van der Waals surface area contributed by atoms with E-state index in [-0.39, 0.29) is 11.5 Å². The van der Waals surface area contributed by atoms with Gasteiger partial charge >= 0.3 is 0 Å². The molecule has 0 saturated heterocycles. The van der Waals surface area contributed by atoms with Crippen LogP contribution in [-0.4, -0.2) is 18.3 Å². The number of hydrogen-bond donors (Lipinski definition) is 1. The highest BCUT2D eigenvalue weighted by molar-refractivity contribution is 5.67. The minimum atomic E-state index is -0.0584. The fourth-order valence-electron chi connectivity index (χ4n) is 7.89. The van der Waals surface area contributed by atoms with Crippen LogP contribution < -0.4 is 4.74 Å². The van der Waals surface area contributed by atoms with Crippen LogP contribution in [0.2, 0.25) is 0 Å². The average Bonchev–Trinajstić information content (AvgIpc) is 3.02. The SMILES string of the molecule is COc1ccc(C2=CC[C@@]3(C)[C@@H](CC[C@@H]4[C@H]3CC[C@@]3(C)[C@@H]4CC[C@@H]3O)C2)cc1. The van der Waals surface area contributed by atoms with Crippen LogP contribution >= 0.6 is 0 Å². The molecule has 0 amide bonds. The number of fused-ring (bicyclic) bond motifs is 5. The van der Waals surface area contributed by atoms with Crippen molar-refractivity contribution in [2.75, 3.05) is 7.11 Å². The molecule has 2 heteroatoms. The zero-order valence-corrected chi connectivity index (χ0v) is 17.8. The van der Waals surface area contributed by atoms with Crippen molar-refractivity contribution in [1.29, 1.82) is 0 Å². The summed E-state index contributed by atoms with van der Waals surface area (Å²) in [6.45, 7) is 4.99. The molecule has 0 radical (unpaired) electrons. The molecule has 0 unspecified atom stereocenters. The lowest BCUT2D eigenvalue weighted by molar-refractivity contribution is -0.108. The Kier molecular flexibility index (Phi) is 4.43. The van der Waals surface area contributed by atoms with E-state index in [0.29, 0.717) is 5.41 Å². The van der Waals surface area contributed by atoms with E-state index < -0.39 is 0 Å². The van der Waals surface area contributed by atoms with E-state index in [1.54, 1.807) is 12.7 Å². The number of ether oxygens (including phenoxy) is 1. The number of benzene rings is 1. The first-order chi connectivity index (χ1) is 13.5. The van der Waals surface area contributed by atoms with Crippen LogP contribution in [0.1, 0.15) is 70.8 Å². The van der Waals surface area contributed by atoms with E-state index in [1.807, 2.05) is 0 Å². The highest BCUT2D eigenvalue weighted by Gasteiger charge is 2.59. The zero-order valence-electron chi connectivity index (χ0n) is 17.8. The molecule has 4 aliphatic rings. The Bertz CT molecular complexity index is 765. The molecule has 5 rings (SSSR count). The van der Waals surface area contributed by atoms with Crippen molar-refractivity contribution < 1.29 is 9.84 Å². The molecule has 3 fully saturated rings. The van der Waals surface area contributed by atoms with Crippen molar-refractivity contribution >= 4 is 5.57 Å². The van der Waals surface area contributed by atoms with Gasteiger partial charge in [-0.05, 0) is 109 Å². The molecule has 0 aromatic heterocycles. The zero-order chi connectivity index (χ0) is 19.5. The Hall–Kier alpha value is -1.28. The number of aliphatic hydroxyl groups excluding tert-OH is 1. The highest BCUT2D eigenvalue weighted by Crippen LogP contribution is 2.66. The summed E-state index contributed by atoms with van der Waals surface area (Å²) >= 11 is 0. The molecule has 0 bridgehead atoms. The van der Waals surface area contributed by atoms with E-state index in [2.05, 4.69) is 44.2 Å². The summed E-state index contributed by atoms with van der Waals surface area (Å²) in [6.07, 6.45) is 12.6. The highest BCUT2D eigenvalue weighted by atomic mass is 16.5. The fourth-order valence-corrected chi connectivity index (χ4v) is 7.89. The number of allylic oxidation sites excluding steroid dienone is 2. The first kappa shape index (κ1) is 18.7. The van der Waals surface area contributed by atoms with Crippen molar-refractivity contribution in [3.8, 4) is 5.75 Å². The molecule has 28 heavy (non-hydrogen) atoms. The maximum Gasteiger partial charge on any atom is 0.118 e. The summed E-state index contributed by atoms with van der Waals surface area (Å²) in [4.78, 5) is 0. The number of hydrogen-bond acceptors (Lipinski definition) is 2. The van der Waals surface area contributed by atoms with Crippen molar-refractivity contribution in [1.82, 2.24) is 0 Å². The summed E-state index contributed by atoms with van der Waals surface area (Å²) in [5.41, 5.74) is 3.57. The van der Waals surface area contributed by atoms with Gasteiger partial charge in [-0.25, -0.2) is 0 Å². The number of aliphatic hydroxyl groups is 1. The first-order valence-electron chi connectivity index (χ1n) is 11.5. The topological polar surface area (TPSA) is 29.5 Å². The second-order valence-electron chi connectivity index (χ2n) is 10.7. The van der Waals surface area contributed by atoms with Crippen LogP contribution in [0.15, 0.2) is 30.3 Å². The molecule has 1 N–H and O–H groups in total. The lowest BCUT2D eigenvalue weighted by Crippen LogP contribution is -2.53. The van der Waals surface area contributed by atoms with E-state index in [1.165, 1.54) is 50.5 Å². The van der Waals surface area contributed by atoms with Gasteiger partial charge in [-0.15, -0.1) is 0 Å². The molecular formula is C26H36O2. The van der Waals surface area contributed by atoms with E-state index in [9.17, 15) is 5.11 Å². The predicted molar refractivity (Wildman–Crippen MR) is 114 cm³/mol. The Labute approximate surface area is 170 Å². The minimum Gasteiger partial charge on any atom is -0.497 e. The molecule has 152 valence electrons. The third kappa shape index (κ3) is 2.63. The minimum absolute atomic E-state index is 0.0584. The molecule has 0 aliphatic heterocycles. The third-order valence-corrected chi connectivity index (χ3v) is 9.73. The average molecular weight is 381 g/mol. The van der Waals surface area contributed by atoms with Gasteiger partial charge in [-0.3, -0.25) is 0 Å². The molecule has 2 nitrogen and oxygen atoms in total. The largest absolute Gasteiger partial charge is 0.497 e. The molecule has 7 atom stereocenters. The Balaban J connectivity index is 1.40. The van der Waals surface area contributed by atoms with Crippen molar-refractivity contribution in [3.05, 3.63) is 35.9 Å². The van der Waals surface area contributed by atoms with Crippen LogP contribution in [0.4, 0.5) is 0 Å². The fraction of sp³-hybridized carbons (Fsp3) is 0.692. The summed E-state index contributed by atoms with van der Waals surface area (Å²) in [7, 11) is 1.73. The van der Waals surface area contributed by atoms with Gasteiger partial charge in [0.15, 0.2) is 0 Å². The second kappa shape index (κ2) is 6.62. The maximum absolute atomic E-state index is 10.7. The monoisotopic (exact) mass is 380 g/mol. The van der Waals surface area contributed by atoms with E-state index >= 15 is 0 Å². The van der Waals surface area contributed by atoms with Gasteiger partial charge in [-0.2, -0.15) is 0 Å². The van der Waals surface area contributed by atoms with Crippen molar-refractivity contribution in [2.45, 2.75) is 71.3 Å². The van der Waals surface area contributed by atoms with E-state index in [4.69, 9.17) is 4.74 Å². The van der Waals surface area contributed by atoms with Gasteiger partial charge in [0, 0.05) is 0 Å². The summed E-state index contributed by atoms with van der Waals surface area (Å²) in [6, 6.07) is 8.64. The van der Waals surface area contributed by atoms with Gasteiger partial charge in [0.2, 0.25) is 0 Å². The second-order valence-corrected chi connectivity index (χ2v) is 10.7. The Morgan fingerprint density at radius 2 is 1.68 bits per heavy atom. The molecular weight excluding hydrogens is 344 g/mol. The van der Waals surface area contributed by atoms with Crippen molar-refractivity contribution in [2.24, 2.45) is 34.5 Å². The Morgan fingerprint density at radius 3 is 2.43 bits per heavy atom. The van der Waals surface area contributed by atoms with Crippen LogP contribution in [-0.2, 0) is 0 Å². The van der Waals surface area contributed by atoms with Gasteiger partial charge in [0.25, 0.3) is 0 Å². The molecule has 1 aromatic carbocycles. The summed E-state index contributed by atoms with van der Waals surface area (Å²) < 4.78 is 5.33. The number of rotatable bonds is 2. The molecule has 0 heterocycles. The van der Waals surface area contributed by atoms with Crippen LogP contribution in [0.5, 0.6) is 5.75 Å². The quantitative estimate of drug-likeness (QED) is 0.672. The lowest BCUT2D eigenvalue weighted by atomic mass is 9.45. The van der Waals surface area contributed by atoms with Crippen LogP contribution in [0.3, 0.4) is 0 Å². The molecule has 0 spiro atoms. The first-order valence-corrected chi connectivity index (χ1v) is 11.5.